The summed E-state index contributed by atoms with van der Waals surface area (Å²) in [6.07, 6.45) is 0.124. The van der Waals surface area contributed by atoms with Crippen molar-refractivity contribution in [2.45, 2.75) is 58.7 Å². The molecular weight excluding hydrogens is 294 g/mol. The number of aliphatic hydroxyl groups excluding tert-OH is 1. The van der Waals surface area contributed by atoms with Gasteiger partial charge in [-0.2, -0.15) is 0 Å². The van der Waals surface area contributed by atoms with E-state index in [4.69, 9.17) is 14.6 Å². The average Bonchev–Trinajstić information content (AvgIpc) is 2.45. The number of rotatable bonds is 7. The van der Waals surface area contributed by atoms with E-state index in [1.54, 1.807) is 0 Å². The monoisotopic (exact) mass is 323 g/mol. The molecule has 5 nitrogen and oxygen atoms in total. The van der Waals surface area contributed by atoms with Crippen LogP contribution in [0.1, 0.15) is 52.5 Å². The summed E-state index contributed by atoms with van der Waals surface area (Å²) in [6, 6.07) is 7.79. The van der Waals surface area contributed by atoms with Gasteiger partial charge in [0.05, 0.1) is 6.61 Å². The summed E-state index contributed by atoms with van der Waals surface area (Å²) in [5, 5.41) is 11.9. The van der Waals surface area contributed by atoms with Gasteiger partial charge in [0.15, 0.2) is 0 Å². The first kappa shape index (κ1) is 19.3. The molecule has 23 heavy (non-hydrogen) atoms. The Morgan fingerprint density at radius 1 is 1.26 bits per heavy atom. The Hall–Kier alpha value is -1.75. The molecule has 0 heterocycles. The molecule has 1 aromatic rings. The smallest absolute Gasteiger partial charge is 0.407 e. The lowest BCUT2D eigenvalue weighted by Crippen LogP contribution is -2.33. The standard InChI is InChI=1S/C18H29NO4/c1-13(10-11-19-17(21)23-18(3,4)5)15-8-6-7-9-16(15)22-14(2)12-20/h6-9,13-14,20H,10-12H2,1-5H3,(H,19,21)/t13-,14-/m0/s1. The molecule has 1 rings (SSSR count). The zero-order valence-electron chi connectivity index (χ0n) is 14.8. The van der Waals surface area contributed by atoms with E-state index in [0.29, 0.717) is 6.54 Å². The Balaban J connectivity index is 2.55. The maximum Gasteiger partial charge on any atom is 0.407 e. The maximum absolute atomic E-state index is 11.6. The van der Waals surface area contributed by atoms with Crippen LogP contribution in [-0.4, -0.2) is 36.1 Å². The van der Waals surface area contributed by atoms with Crippen LogP contribution in [-0.2, 0) is 4.74 Å². The maximum atomic E-state index is 11.6. The highest BCUT2D eigenvalue weighted by Gasteiger charge is 2.17. The molecule has 130 valence electrons. The first-order valence-corrected chi connectivity index (χ1v) is 8.06. The molecular formula is C18H29NO4. The van der Waals surface area contributed by atoms with Gasteiger partial charge < -0.3 is 19.9 Å². The molecule has 2 atom stereocenters. The van der Waals surface area contributed by atoms with Crippen LogP contribution in [0.25, 0.3) is 0 Å². The Bertz CT molecular complexity index is 496. The Morgan fingerprint density at radius 3 is 2.52 bits per heavy atom. The molecule has 5 heteroatoms. The van der Waals surface area contributed by atoms with Crippen LogP contribution < -0.4 is 10.1 Å². The number of para-hydroxylation sites is 1. The van der Waals surface area contributed by atoms with Gasteiger partial charge in [0.25, 0.3) is 0 Å². The summed E-state index contributed by atoms with van der Waals surface area (Å²) in [4.78, 5) is 11.6. The Kier molecular flexibility index (Phi) is 7.36. The first-order valence-electron chi connectivity index (χ1n) is 8.06. The molecule has 0 radical (unpaired) electrons. The van der Waals surface area contributed by atoms with Crippen LogP contribution in [0.5, 0.6) is 5.75 Å². The quantitative estimate of drug-likeness (QED) is 0.806. The van der Waals surface area contributed by atoms with Crippen LogP contribution in [0.3, 0.4) is 0 Å². The van der Waals surface area contributed by atoms with Crippen LogP contribution in [0.15, 0.2) is 24.3 Å². The predicted octanol–water partition coefficient (Wildman–Crippen LogP) is 3.46. The van der Waals surface area contributed by atoms with E-state index >= 15 is 0 Å². The number of hydrogen-bond donors (Lipinski definition) is 2. The number of carbonyl (C=O) groups is 1. The Morgan fingerprint density at radius 2 is 1.91 bits per heavy atom. The molecule has 0 unspecified atom stereocenters. The van der Waals surface area contributed by atoms with Gasteiger partial charge in [0.1, 0.15) is 17.5 Å². The SMILES string of the molecule is C[C@@H](CO)Oc1ccccc1[C@@H](C)CCNC(=O)OC(C)(C)C. The summed E-state index contributed by atoms with van der Waals surface area (Å²) >= 11 is 0. The fourth-order valence-corrected chi connectivity index (χ4v) is 2.11. The summed E-state index contributed by atoms with van der Waals surface area (Å²) in [5.74, 6) is 0.992. The van der Waals surface area contributed by atoms with Gasteiger partial charge in [0.2, 0.25) is 0 Å². The number of benzene rings is 1. The van der Waals surface area contributed by atoms with Crippen LogP contribution >= 0.6 is 0 Å². The summed E-state index contributed by atoms with van der Waals surface area (Å²) in [6.45, 7) is 9.93. The lowest BCUT2D eigenvalue weighted by Gasteiger charge is -2.21. The molecule has 2 N–H and O–H groups in total. The second kappa shape index (κ2) is 8.77. The number of alkyl carbamates (subject to hydrolysis) is 1. The zero-order valence-corrected chi connectivity index (χ0v) is 14.8. The van der Waals surface area contributed by atoms with Crippen molar-refractivity contribution in [3.8, 4) is 5.75 Å². The van der Waals surface area contributed by atoms with E-state index in [-0.39, 0.29) is 18.6 Å². The number of hydrogen-bond acceptors (Lipinski definition) is 4. The van der Waals surface area contributed by atoms with Crippen molar-refractivity contribution in [1.82, 2.24) is 5.32 Å². The van der Waals surface area contributed by atoms with Crippen LogP contribution in [0.2, 0.25) is 0 Å². The van der Waals surface area contributed by atoms with Crippen molar-refractivity contribution < 1.29 is 19.4 Å². The molecule has 0 saturated carbocycles. The van der Waals surface area contributed by atoms with Crippen LogP contribution in [0.4, 0.5) is 4.79 Å². The van der Waals surface area contributed by atoms with Gasteiger partial charge in [-0.25, -0.2) is 4.79 Å². The number of nitrogens with one attached hydrogen (secondary N) is 1. The first-order chi connectivity index (χ1) is 10.7. The topological polar surface area (TPSA) is 67.8 Å². The molecule has 0 aliphatic heterocycles. The molecule has 0 fully saturated rings. The van der Waals surface area contributed by atoms with Crippen molar-refractivity contribution in [2.75, 3.05) is 13.2 Å². The summed E-state index contributed by atoms with van der Waals surface area (Å²) in [5.41, 5.74) is 0.579. The van der Waals surface area contributed by atoms with Gasteiger partial charge in [-0.3, -0.25) is 0 Å². The van der Waals surface area contributed by atoms with E-state index < -0.39 is 11.7 Å². The number of amides is 1. The molecule has 0 aromatic heterocycles. The molecule has 0 aliphatic rings. The van der Waals surface area contributed by atoms with Crippen LogP contribution in [0, 0.1) is 0 Å². The lowest BCUT2D eigenvalue weighted by atomic mass is 9.97. The van der Waals surface area contributed by atoms with Crippen molar-refractivity contribution in [3.63, 3.8) is 0 Å². The van der Waals surface area contributed by atoms with E-state index in [1.165, 1.54) is 0 Å². The van der Waals surface area contributed by atoms with Gasteiger partial charge in [0, 0.05) is 6.54 Å². The van der Waals surface area contributed by atoms with Gasteiger partial charge in [-0.1, -0.05) is 25.1 Å². The number of ether oxygens (including phenoxy) is 2. The molecule has 1 amide bonds. The molecule has 0 bridgehead atoms. The van der Waals surface area contributed by atoms with E-state index in [9.17, 15) is 4.79 Å². The van der Waals surface area contributed by atoms with Gasteiger partial charge in [-0.15, -0.1) is 0 Å². The third-order valence-corrected chi connectivity index (χ3v) is 3.28. The van der Waals surface area contributed by atoms with E-state index in [2.05, 4.69) is 12.2 Å². The minimum absolute atomic E-state index is 0.0249. The molecule has 0 aliphatic carbocycles. The molecule has 0 spiro atoms. The Labute approximate surface area is 139 Å². The highest BCUT2D eigenvalue weighted by atomic mass is 16.6. The normalized spacial score (nSPS) is 14.0. The van der Waals surface area contributed by atoms with Crippen molar-refractivity contribution in [3.05, 3.63) is 29.8 Å². The molecule has 0 saturated heterocycles. The van der Waals surface area contributed by atoms with E-state index in [0.717, 1.165) is 17.7 Å². The van der Waals surface area contributed by atoms with Crippen molar-refractivity contribution >= 4 is 6.09 Å². The fraction of sp³-hybridized carbons (Fsp3) is 0.611. The minimum Gasteiger partial charge on any atom is -0.488 e. The third-order valence-electron chi connectivity index (χ3n) is 3.28. The zero-order chi connectivity index (χ0) is 17.5. The predicted molar refractivity (Wildman–Crippen MR) is 90.9 cm³/mol. The fourth-order valence-electron chi connectivity index (χ4n) is 2.11. The second-order valence-electron chi connectivity index (χ2n) is 6.77. The number of carbonyl (C=O) groups excluding carboxylic acids is 1. The summed E-state index contributed by atoms with van der Waals surface area (Å²) in [7, 11) is 0. The van der Waals surface area contributed by atoms with Crippen molar-refractivity contribution in [1.29, 1.82) is 0 Å². The average molecular weight is 323 g/mol. The lowest BCUT2D eigenvalue weighted by molar-refractivity contribution is 0.0526. The number of aliphatic hydroxyl groups is 1. The molecule has 1 aromatic carbocycles. The third kappa shape index (κ3) is 7.37. The van der Waals surface area contributed by atoms with Gasteiger partial charge in [-0.05, 0) is 51.7 Å². The largest absolute Gasteiger partial charge is 0.488 e. The van der Waals surface area contributed by atoms with Gasteiger partial charge >= 0.3 is 6.09 Å². The van der Waals surface area contributed by atoms with E-state index in [1.807, 2.05) is 52.0 Å². The van der Waals surface area contributed by atoms with Crippen molar-refractivity contribution in [2.24, 2.45) is 0 Å². The highest BCUT2D eigenvalue weighted by Crippen LogP contribution is 2.29. The summed E-state index contributed by atoms with van der Waals surface area (Å²) < 4.78 is 11.0. The highest BCUT2D eigenvalue weighted by molar-refractivity contribution is 5.67. The second-order valence-corrected chi connectivity index (χ2v) is 6.77. The minimum atomic E-state index is -0.490.